The average Bonchev–Trinajstić information content (AvgIpc) is 2.53. The van der Waals surface area contributed by atoms with Gasteiger partial charge in [0.2, 0.25) is 0 Å². The lowest BCUT2D eigenvalue weighted by Gasteiger charge is -2.03. The fraction of sp³-hybridized carbons (Fsp3) is 0.333. The summed E-state index contributed by atoms with van der Waals surface area (Å²) in [6.45, 7) is 3.10. The number of aromatic amines is 1. The smallest absolute Gasteiger partial charge is 0.0470 e. The van der Waals surface area contributed by atoms with E-state index in [1.807, 2.05) is 7.05 Å². The van der Waals surface area contributed by atoms with Gasteiger partial charge in [-0.1, -0.05) is 12.1 Å². The molecule has 1 aromatic heterocycles. The first-order valence-electron chi connectivity index (χ1n) is 5.14. The number of hydrogen-bond donors (Lipinski definition) is 2. The molecule has 0 bridgehead atoms. The number of hydrogen-bond acceptors (Lipinski definition) is 1. The first-order chi connectivity index (χ1) is 7.24. The number of aromatic nitrogens is 1. The topological polar surface area (TPSA) is 27.8 Å². The number of fused-ring (bicyclic) bond motifs is 1. The van der Waals surface area contributed by atoms with Crippen LogP contribution in [-0.2, 0) is 6.42 Å². The second kappa shape index (κ2) is 4.37. The highest BCUT2D eigenvalue weighted by Crippen LogP contribution is 2.30. The zero-order valence-corrected chi connectivity index (χ0v) is 10.6. The van der Waals surface area contributed by atoms with Crippen LogP contribution in [-0.4, -0.2) is 18.6 Å². The van der Waals surface area contributed by atoms with Gasteiger partial charge in [-0.2, -0.15) is 0 Å². The van der Waals surface area contributed by atoms with E-state index >= 15 is 0 Å². The molecule has 0 aliphatic rings. The maximum absolute atomic E-state index is 3.64. The number of H-pyrrole nitrogens is 1. The van der Waals surface area contributed by atoms with Crippen molar-refractivity contribution in [2.24, 2.45) is 0 Å². The van der Waals surface area contributed by atoms with E-state index in [1.54, 1.807) is 0 Å². The van der Waals surface area contributed by atoms with Crippen LogP contribution in [0.2, 0.25) is 0 Å². The molecule has 0 amide bonds. The zero-order chi connectivity index (χ0) is 10.8. The van der Waals surface area contributed by atoms with Gasteiger partial charge in [-0.15, -0.1) is 0 Å². The Morgan fingerprint density at radius 2 is 2.20 bits per heavy atom. The number of likely N-dealkylation sites (N-methyl/N-ethyl adjacent to an activating group) is 1. The Morgan fingerprint density at radius 3 is 2.93 bits per heavy atom. The van der Waals surface area contributed by atoms with Crippen LogP contribution in [0.5, 0.6) is 0 Å². The van der Waals surface area contributed by atoms with Crippen molar-refractivity contribution in [3.05, 3.63) is 33.9 Å². The fourth-order valence-electron chi connectivity index (χ4n) is 1.88. The number of aryl methyl sites for hydroxylation is 1. The first-order valence-corrected chi connectivity index (χ1v) is 5.93. The molecule has 80 valence electrons. The maximum atomic E-state index is 3.64. The number of rotatable bonds is 3. The molecule has 0 atom stereocenters. The minimum Gasteiger partial charge on any atom is -0.358 e. The molecule has 1 heterocycles. The van der Waals surface area contributed by atoms with E-state index in [9.17, 15) is 0 Å². The molecule has 0 unspecified atom stereocenters. The lowest BCUT2D eigenvalue weighted by molar-refractivity contribution is 0.795. The molecule has 0 aliphatic carbocycles. The Morgan fingerprint density at radius 1 is 1.40 bits per heavy atom. The third kappa shape index (κ3) is 1.94. The molecule has 2 rings (SSSR count). The van der Waals surface area contributed by atoms with Gasteiger partial charge in [0, 0.05) is 21.1 Å². The average molecular weight is 267 g/mol. The van der Waals surface area contributed by atoms with E-state index in [4.69, 9.17) is 0 Å². The summed E-state index contributed by atoms with van der Waals surface area (Å²) < 4.78 is 1.20. The summed E-state index contributed by atoms with van der Waals surface area (Å²) in [6, 6.07) is 6.42. The Bertz CT molecular complexity index is 474. The van der Waals surface area contributed by atoms with Crippen LogP contribution in [0.1, 0.15) is 11.3 Å². The molecule has 3 heteroatoms. The van der Waals surface area contributed by atoms with Crippen LogP contribution in [0.3, 0.4) is 0 Å². The minimum absolute atomic E-state index is 1.01. The molecule has 1 aromatic carbocycles. The number of benzene rings is 1. The molecule has 2 nitrogen and oxygen atoms in total. The Kier molecular flexibility index (Phi) is 3.12. The van der Waals surface area contributed by atoms with Gasteiger partial charge >= 0.3 is 0 Å². The molecule has 2 N–H and O–H groups in total. The van der Waals surface area contributed by atoms with E-state index in [2.05, 4.69) is 51.4 Å². The summed E-state index contributed by atoms with van der Waals surface area (Å²) in [7, 11) is 1.98. The summed E-state index contributed by atoms with van der Waals surface area (Å²) >= 11 is 3.64. The fourth-order valence-corrected chi connectivity index (χ4v) is 2.44. The Hall–Kier alpha value is -0.800. The molecule has 0 aliphatic heterocycles. The third-order valence-corrected chi connectivity index (χ3v) is 3.66. The number of nitrogens with one attached hydrogen (secondary N) is 2. The SMILES string of the molecule is CNCCc1cccc2[nH]c(C)c(Br)c12. The van der Waals surface area contributed by atoms with Crippen molar-refractivity contribution < 1.29 is 0 Å². The molecule has 0 spiro atoms. The van der Waals surface area contributed by atoms with E-state index < -0.39 is 0 Å². The lowest BCUT2D eigenvalue weighted by atomic mass is 10.1. The van der Waals surface area contributed by atoms with Gasteiger partial charge in [0.05, 0.1) is 0 Å². The summed E-state index contributed by atoms with van der Waals surface area (Å²) in [5.41, 5.74) is 3.80. The quantitative estimate of drug-likeness (QED) is 0.879. The van der Waals surface area contributed by atoms with E-state index in [-0.39, 0.29) is 0 Å². The van der Waals surface area contributed by atoms with Crippen molar-refractivity contribution in [1.82, 2.24) is 10.3 Å². The van der Waals surface area contributed by atoms with Crippen LogP contribution >= 0.6 is 15.9 Å². The van der Waals surface area contributed by atoms with Crippen molar-refractivity contribution in [3.63, 3.8) is 0 Å². The van der Waals surface area contributed by atoms with Gasteiger partial charge < -0.3 is 10.3 Å². The van der Waals surface area contributed by atoms with Gasteiger partial charge in [-0.05, 0) is 54.5 Å². The van der Waals surface area contributed by atoms with Crippen molar-refractivity contribution in [2.45, 2.75) is 13.3 Å². The predicted molar refractivity (Wildman–Crippen MR) is 68.4 cm³/mol. The van der Waals surface area contributed by atoms with Gasteiger partial charge in [0.15, 0.2) is 0 Å². The second-order valence-electron chi connectivity index (χ2n) is 3.76. The molecular formula is C12H15BrN2. The second-order valence-corrected chi connectivity index (χ2v) is 4.55. The summed E-state index contributed by atoms with van der Waals surface area (Å²) in [6.07, 6.45) is 1.06. The van der Waals surface area contributed by atoms with Crippen LogP contribution in [0.15, 0.2) is 22.7 Å². The van der Waals surface area contributed by atoms with E-state index in [1.165, 1.54) is 26.6 Å². The highest BCUT2D eigenvalue weighted by Gasteiger charge is 2.08. The highest BCUT2D eigenvalue weighted by atomic mass is 79.9. The third-order valence-electron chi connectivity index (χ3n) is 2.67. The number of halogens is 1. The van der Waals surface area contributed by atoms with Gasteiger partial charge in [0.25, 0.3) is 0 Å². The van der Waals surface area contributed by atoms with Crippen LogP contribution < -0.4 is 5.32 Å². The van der Waals surface area contributed by atoms with Gasteiger partial charge in [-0.3, -0.25) is 0 Å². The van der Waals surface area contributed by atoms with E-state index in [0.29, 0.717) is 0 Å². The lowest BCUT2D eigenvalue weighted by Crippen LogP contribution is -2.10. The highest BCUT2D eigenvalue weighted by molar-refractivity contribution is 9.10. The Labute approximate surface area is 98.2 Å². The Balaban J connectivity index is 2.53. The van der Waals surface area contributed by atoms with Crippen LogP contribution in [0.25, 0.3) is 10.9 Å². The van der Waals surface area contributed by atoms with Crippen LogP contribution in [0.4, 0.5) is 0 Å². The molecule has 2 aromatic rings. The van der Waals surface area contributed by atoms with E-state index in [0.717, 1.165) is 13.0 Å². The largest absolute Gasteiger partial charge is 0.358 e. The van der Waals surface area contributed by atoms with Crippen molar-refractivity contribution in [2.75, 3.05) is 13.6 Å². The molecule has 15 heavy (non-hydrogen) atoms. The predicted octanol–water partition coefficient (Wildman–Crippen LogP) is 3.00. The summed E-state index contributed by atoms with van der Waals surface area (Å²) in [5.74, 6) is 0. The van der Waals surface area contributed by atoms with Gasteiger partial charge in [0.1, 0.15) is 0 Å². The standard InChI is InChI=1S/C12H15BrN2/c1-8-12(13)11-9(6-7-14-2)4-3-5-10(11)15-8/h3-5,14-15H,6-7H2,1-2H3. The molecule has 0 radical (unpaired) electrons. The minimum atomic E-state index is 1.01. The monoisotopic (exact) mass is 266 g/mol. The summed E-state index contributed by atoms with van der Waals surface area (Å²) in [4.78, 5) is 3.38. The maximum Gasteiger partial charge on any atom is 0.0470 e. The molecular weight excluding hydrogens is 252 g/mol. The first kappa shape index (κ1) is 10.7. The molecule has 0 saturated heterocycles. The van der Waals surface area contributed by atoms with Gasteiger partial charge in [-0.25, -0.2) is 0 Å². The molecule has 0 fully saturated rings. The van der Waals surface area contributed by atoms with Crippen molar-refractivity contribution in [1.29, 1.82) is 0 Å². The molecule has 0 saturated carbocycles. The van der Waals surface area contributed by atoms with Crippen LogP contribution in [0, 0.1) is 6.92 Å². The zero-order valence-electron chi connectivity index (χ0n) is 9.02. The summed E-state index contributed by atoms with van der Waals surface area (Å²) in [5, 5.41) is 4.51. The van der Waals surface area contributed by atoms with Crippen molar-refractivity contribution in [3.8, 4) is 0 Å². The van der Waals surface area contributed by atoms with Crippen molar-refractivity contribution >= 4 is 26.8 Å². The normalized spacial score (nSPS) is 11.1.